The Kier molecular flexibility index (Phi) is 10.4. The van der Waals surface area contributed by atoms with Gasteiger partial charge in [-0.15, -0.1) is 0 Å². The average molecular weight is 875 g/mol. The van der Waals surface area contributed by atoms with E-state index in [1.165, 1.54) is 23.3 Å². The molecule has 9 rings (SSSR count). The number of carbonyl (C=O) groups excluding carboxylic acids is 1. The molecule has 2 aliphatic heterocycles. The number of carbonyl (C=O) groups is 1. The second-order valence-electron chi connectivity index (χ2n) is 15.1. The van der Waals surface area contributed by atoms with E-state index in [4.69, 9.17) is 14.7 Å². The molecule has 4 aromatic heterocycles. The van der Waals surface area contributed by atoms with Crippen molar-refractivity contribution in [2.45, 2.75) is 50.0 Å². The largest absolute Gasteiger partial charge is 0.435 e. The number of pyridine rings is 1. The molecule has 0 radical (unpaired) electrons. The molecule has 1 atom stereocenters. The molecule has 2 aromatic carbocycles. The Labute approximate surface area is 346 Å². The molecule has 2 N–H and O–H groups in total. The van der Waals surface area contributed by atoms with Crippen LogP contribution < -0.4 is 14.9 Å². The number of benzene rings is 2. The maximum atomic E-state index is 15.1. The normalized spacial score (nSPS) is 17.6. The van der Waals surface area contributed by atoms with Crippen LogP contribution in [0.15, 0.2) is 42.5 Å². The van der Waals surface area contributed by atoms with Gasteiger partial charge in [0.2, 0.25) is 5.91 Å². The van der Waals surface area contributed by atoms with Crippen LogP contribution in [0.4, 0.5) is 41.7 Å². The zero-order valence-electron chi connectivity index (χ0n) is 32.1. The average Bonchev–Trinajstić information content (AvgIpc) is 3.92. The van der Waals surface area contributed by atoms with Crippen molar-refractivity contribution in [2.24, 2.45) is 7.05 Å². The summed E-state index contributed by atoms with van der Waals surface area (Å²) in [6.45, 7) is 3.48. The van der Waals surface area contributed by atoms with Crippen molar-refractivity contribution in [3.63, 3.8) is 0 Å². The van der Waals surface area contributed by atoms with Crippen molar-refractivity contribution >= 4 is 61.4 Å². The van der Waals surface area contributed by atoms with Gasteiger partial charge < -0.3 is 19.7 Å². The molecule has 2 fully saturated rings. The molecule has 1 aliphatic carbocycles. The zero-order valence-corrected chi connectivity index (χ0v) is 33.8. The zero-order chi connectivity index (χ0) is 42.1. The number of nitrogens with one attached hydrogen (secondary N) is 2. The van der Waals surface area contributed by atoms with Crippen LogP contribution in [0, 0.1) is 11.6 Å². The van der Waals surface area contributed by atoms with Gasteiger partial charge in [-0.25, -0.2) is 13.8 Å². The van der Waals surface area contributed by atoms with Crippen LogP contribution in [-0.2, 0) is 48.1 Å². The van der Waals surface area contributed by atoms with E-state index in [2.05, 4.69) is 30.0 Å². The number of halogens is 7. The summed E-state index contributed by atoms with van der Waals surface area (Å²) >= 11 is 2.79. The molecule has 0 spiro atoms. The van der Waals surface area contributed by atoms with Crippen LogP contribution in [0.3, 0.4) is 0 Å². The van der Waals surface area contributed by atoms with E-state index in [0.717, 1.165) is 35.7 Å². The fourth-order valence-electron chi connectivity index (χ4n) is 8.37. The molecular weight excluding hydrogens is 838 g/mol. The van der Waals surface area contributed by atoms with Crippen LogP contribution in [-0.4, -0.2) is 92.0 Å². The van der Waals surface area contributed by atoms with Crippen LogP contribution in [0.1, 0.15) is 40.7 Å². The van der Waals surface area contributed by atoms with Gasteiger partial charge in [-0.1, -0.05) is 35.4 Å². The van der Waals surface area contributed by atoms with Crippen LogP contribution >= 0.6 is 23.3 Å². The van der Waals surface area contributed by atoms with E-state index in [9.17, 15) is 26.7 Å². The predicted molar refractivity (Wildman–Crippen MR) is 213 cm³/mol. The maximum Gasteiger partial charge on any atom is 0.435 e. The lowest BCUT2D eigenvalue weighted by atomic mass is 9.94. The van der Waals surface area contributed by atoms with Crippen LogP contribution in [0.25, 0.3) is 32.4 Å². The molecule has 21 heteroatoms. The summed E-state index contributed by atoms with van der Waals surface area (Å²) in [7, 11) is 1.77. The Morgan fingerprint density at radius 1 is 1.03 bits per heavy atom. The monoisotopic (exact) mass is 874 g/mol. The molecule has 12 nitrogen and oxygen atoms in total. The number of anilines is 2. The SMILES string of the molecule is CSNc1nn(C)c2c(-c3cc4sc(N5CCN(C6COC6)CC5)nc4nc3C(Cc3cc(F)cc(F)c3)NC(=O)Cn3nc(C(F)(F)F)c4c3C(F)(F)CC4)cccc12. The maximum absolute atomic E-state index is 15.1. The summed E-state index contributed by atoms with van der Waals surface area (Å²) in [6, 6.07) is 9.51. The number of rotatable bonds is 11. The second kappa shape index (κ2) is 15.5. The number of aryl methyl sites for hydroxylation is 1. The third kappa shape index (κ3) is 7.53. The molecular formula is C39H37F7N10O2S2. The summed E-state index contributed by atoms with van der Waals surface area (Å²) in [5.41, 5.74) is -0.602. The molecule has 316 valence electrons. The van der Waals surface area contributed by atoms with Gasteiger partial charge in [-0.2, -0.15) is 37.1 Å². The van der Waals surface area contributed by atoms with Gasteiger partial charge in [0.1, 0.15) is 23.9 Å². The summed E-state index contributed by atoms with van der Waals surface area (Å²) < 4.78 is 113. The third-order valence-electron chi connectivity index (χ3n) is 11.2. The Hall–Kier alpha value is -4.99. The molecule has 3 aliphatic rings. The van der Waals surface area contributed by atoms with Gasteiger partial charge in [0.05, 0.1) is 41.2 Å². The fourth-order valence-corrected chi connectivity index (χ4v) is 9.71. The van der Waals surface area contributed by atoms with Crippen molar-refractivity contribution in [1.29, 1.82) is 0 Å². The third-order valence-corrected chi connectivity index (χ3v) is 12.6. The summed E-state index contributed by atoms with van der Waals surface area (Å²) in [6.07, 6.45) is -4.85. The van der Waals surface area contributed by atoms with Crippen molar-refractivity contribution in [2.75, 3.05) is 55.3 Å². The Morgan fingerprint density at radius 3 is 2.47 bits per heavy atom. The Balaban J connectivity index is 1.16. The first kappa shape index (κ1) is 40.4. The predicted octanol–water partition coefficient (Wildman–Crippen LogP) is 7.09. The number of hydrogen-bond acceptors (Lipinski definition) is 11. The topological polar surface area (TPSA) is 118 Å². The molecule has 2 saturated heterocycles. The number of fused-ring (bicyclic) bond motifs is 3. The van der Waals surface area contributed by atoms with Crippen molar-refractivity contribution in [3.05, 3.63) is 82.3 Å². The van der Waals surface area contributed by atoms with E-state index >= 15 is 8.78 Å². The van der Waals surface area contributed by atoms with E-state index in [1.54, 1.807) is 11.7 Å². The lowest BCUT2D eigenvalue weighted by Crippen LogP contribution is -2.56. The van der Waals surface area contributed by atoms with E-state index in [0.29, 0.717) is 75.9 Å². The molecule has 0 saturated carbocycles. The summed E-state index contributed by atoms with van der Waals surface area (Å²) in [4.78, 5) is 28.5. The highest BCUT2D eigenvalue weighted by atomic mass is 32.2. The highest BCUT2D eigenvalue weighted by Crippen LogP contribution is 2.47. The first-order valence-corrected chi connectivity index (χ1v) is 21.1. The lowest BCUT2D eigenvalue weighted by Gasteiger charge is -2.42. The number of para-hydroxylation sites is 1. The number of hydrogen-bond donors (Lipinski definition) is 2. The van der Waals surface area contributed by atoms with Gasteiger partial charge in [0.15, 0.2) is 22.3 Å². The minimum atomic E-state index is -5.03. The molecule has 6 heterocycles. The van der Waals surface area contributed by atoms with Gasteiger partial charge in [0, 0.05) is 74.0 Å². The second-order valence-corrected chi connectivity index (χ2v) is 16.7. The number of thiazole rings is 1. The van der Waals surface area contributed by atoms with Crippen LogP contribution in [0.2, 0.25) is 0 Å². The van der Waals surface area contributed by atoms with E-state index < -0.39 is 72.0 Å². The van der Waals surface area contributed by atoms with Crippen molar-refractivity contribution < 1.29 is 40.3 Å². The van der Waals surface area contributed by atoms with Crippen LogP contribution in [0.5, 0.6) is 0 Å². The van der Waals surface area contributed by atoms with Crippen molar-refractivity contribution in [3.8, 4) is 11.1 Å². The minimum absolute atomic E-state index is 0.121. The van der Waals surface area contributed by atoms with Gasteiger partial charge in [-0.05, 0) is 42.7 Å². The lowest BCUT2D eigenvalue weighted by molar-refractivity contribution is -0.142. The van der Waals surface area contributed by atoms with Crippen molar-refractivity contribution in [1.82, 2.24) is 39.7 Å². The summed E-state index contributed by atoms with van der Waals surface area (Å²) in [5, 5.41) is 12.4. The molecule has 6 aromatic rings. The number of ether oxygens (including phenoxy) is 1. The Morgan fingerprint density at radius 2 is 1.78 bits per heavy atom. The first-order chi connectivity index (χ1) is 28.7. The molecule has 1 unspecified atom stereocenters. The number of aromatic nitrogens is 6. The quantitative estimate of drug-likeness (QED) is 0.103. The number of piperazine rings is 1. The highest BCUT2D eigenvalue weighted by Gasteiger charge is 2.50. The molecule has 0 bridgehead atoms. The molecule has 60 heavy (non-hydrogen) atoms. The molecule has 1 amide bonds. The number of alkyl halides is 5. The fraction of sp³-hybridized carbons (Fsp3) is 0.410. The van der Waals surface area contributed by atoms with Gasteiger partial charge >= 0.3 is 6.18 Å². The minimum Gasteiger partial charge on any atom is -0.378 e. The highest BCUT2D eigenvalue weighted by molar-refractivity contribution is 7.99. The summed E-state index contributed by atoms with van der Waals surface area (Å²) in [5.74, 6) is -5.81. The Bertz CT molecular complexity index is 2600. The van der Waals surface area contributed by atoms with Gasteiger partial charge in [-0.3, -0.25) is 19.1 Å². The van der Waals surface area contributed by atoms with Gasteiger partial charge in [0.25, 0.3) is 5.92 Å². The first-order valence-electron chi connectivity index (χ1n) is 19.1. The van der Waals surface area contributed by atoms with E-state index in [-0.39, 0.29) is 17.7 Å². The number of amides is 1. The van der Waals surface area contributed by atoms with E-state index in [1.807, 2.05) is 30.5 Å². The number of nitrogens with zero attached hydrogens (tertiary/aromatic N) is 8. The smallest absolute Gasteiger partial charge is 0.378 e. The standard InChI is InChI=1S/C39H37F7N10O2S2/c1-53-32-24(4-3-5-25(32)35(51-53)52-59-2)27-16-29-36(49-37(60-29)55-10-8-54(9-11-55)23-18-58-19-23)48-31(27)28(14-20-12-21(40)15-22(41)13-20)47-30(57)17-56-34-26(6-7-38(34,42)43)33(50-56)39(44,45)46/h3-5,12-13,15-16,23,28H,6-11,14,17-19H2,1-2H3,(H,47,57)(H,51,52).